The predicted octanol–water partition coefficient (Wildman–Crippen LogP) is 4.35. The second-order valence-corrected chi connectivity index (χ2v) is 9.48. The maximum absolute atomic E-state index is 13.2. The highest BCUT2D eigenvalue weighted by Crippen LogP contribution is 2.39. The molecule has 1 aromatic carbocycles. The van der Waals surface area contributed by atoms with Crippen LogP contribution in [0.15, 0.2) is 41.0 Å². The van der Waals surface area contributed by atoms with Crippen molar-refractivity contribution in [1.29, 1.82) is 0 Å². The van der Waals surface area contributed by atoms with Crippen LogP contribution in [0.3, 0.4) is 0 Å². The number of benzene rings is 1. The van der Waals surface area contributed by atoms with Crippen LogP contribution >= 0.6 is 0 Å². The van der Waals surface area contributed by atoms with Gasteiger partial charge in [0.15, 0.2) is 11.5 Å². The van der Waals surface area contributed by atoms with Crippen LogP contribution in [-0.4, -0.2) is 47.5 Å². The minimum Gasteiger partial charge on any atom is -0.494 e. The number of likely N-dealkylation sites (tertiary alicyclic amines) is 1. The number of methoxy groups -OCH3 is 1. The van der Waals surface area contributed by atoms with Crippen LogP contribution in [0.25, 0.3) is 22.4 Å². The smallest absolute Gasteiger partial charge is 0.433 e. The predicted molar refractivity (Wildman–Crippen MR) is 131 cm³/mol. The van der Waals surface area contributed by atoms with Gasteiger partial charge in [-0.05, 0) is 55.4 Å². The maximum Gasteiger partial charge on any atom is 0.433 e. The number of halogens is 3. The summed E-state index contributed by atoms with van der Waals surface area (Å²) < 4.78 is 50.8. The number of fused-ring (bicyclic) bond motifs is 1. The molecule has 0 spiro atoms. The van der Waals surface area contributed by atoms with Gasteiger partial charge in [0.25, 0.3) is 5.91 Å². The number of alkyl halides is 3. The third kappa shape index (κ3) is 5.00. The third-order valence-electron chi connectivity index (χ3n) is 6.95. The molecule has 1 atom stereocenters. The maximum atomic E-state index is 13.2. The lowest BCUT2D eigenvalue weighted by Gasteiger charge is -2.21. The Morgan fingerprint density at radius 3 is 2.70 bits per heavy atom. The Labute approximate surface area is 211 Å². The minimum atomic E-state index is -4.61. The topological polar surface area (TPSA) is 107 Å². The number of hydrogen-bond donors (Lipinski definition) is 2. The van der Waals surface area contributed by atoms with Gasteiger partial charge in [0, 0.05) is 36.3 Å². The van der Waals surface area contributed by atoms with Gasteiger partial charge in [-0.1, -0.05) is 6.58 Å². The van der Waals surface area contributed by atoms with Gasteiger partial charge in [-0.15, -0.1) is 0 Å². The van der Waals surface area contributed by atoms with E-state index in [4.69, 9.17) is 14.9 Å². The van der Waals surface area contributed by atoms with Crippen LogP contribution in [0.2, 0.25) is 0 Å². The number of amides is 1. The lowest BCUT2D eigenvalue weighted by molar-refractivity contribution is -0.140. The largest absolute Gasteiger partial charge is 0.494 e. The molecule has 1 saturated heterocycles. The molecule has 1 aliphatic carbocycles. The molecule has 11 heteroatoms. The van der Waals surface area contributed by atoms with Gasteiger partial charge in [-0.2, -0.15) is 13.2 Å². The first kappa shape index (κ1) is 25.1. The molecule has 3 heterocycles. The number of ether oxygens (including phenoxy) is 1. The molecule has 37 heavy (non-hydrogen) atoms. The second kappa shape index (κ2) is 9.70. The average Bonchev–Trinajstić information content (AvgIpc) is 3.47. The molecule has 3 N–H and O–H groups in total. The van der Waals surface area contributed by atoms with Crippen LogP contribution in [0.1, 0.15) is 41.2 Å². The van der Waals surface area contributed by atoms with Gasteiger partial charge < -0.3 is 25.1 Å². The molecule has 1 amide bonds. The van der Waals surface area contributed by atoms with E-state index < -0.39 is 17.8 Å². The molecule has 3 aromatic rings. The van der Waals surface area contributed by atoms with Crippen LogP contribution in [0, 0.1) is 11.8 Å². The first-order valence-corrected chi connectivity index (χ1v) is 12.2. The van der Waals surface area contributed by atoms with Crippen LogP contribution < -0.4 is 15.8 Å². The SMILES string of the molecule is C=C(C1CC1)N1CCC(CNC(=O)c2nc(-c3ccc(OC)c4nc(C(F)(F)F)ccc34)oc2CN)C1. The molecule has 1 saturated carbocycles. The van der Waals surface area contributed by atoms with E-state index in [1.807, 2.05) is 0 Å². The monoisotopic (exact) mass is 515 g/mol. The Bertz CT molecular complexity index is 1350. The number of aromatic nitrogens is 2. The van der Waals surface area contributed by atoms with Crippen LogP contribution in [0.5, 0.6) is 5.75 Å². The zero-order chi connectivity index (χ0) is 26.3. The summed E-state index contributed by atoms with van der Waals surface area (Å²) in [7, 11) is 1.35. The van der Waals surface area contributed by atoms with Crippen molar-refractivity contribution in [1.82, 2.24) is 20.2 Å². The number of hydrogen-bond acceptors (Lipinski definition) is 7. The fourth-order valence-electron chi connectivity index (χ4n) is 4.74. The van der Waals surface area contributed by atoms with E-state index in [0.29, 0.717) is 29.3 Å². The van der Waals surface area contributed by atoms with Gasteiger partial charge in [-0.25, -0.2) is 9.97 Å². The van der Waals surface area contributed by atoms with E-state index in [1.54, 1.807) is 6.07 Å². The normalized spacial score (nSPS) is 17.9. The van der Waals surface area contributed by atoms with Crippen molar-refractivity contribution < 1.29 is 27.1 Å². The molecular weight excluding hydrogens is 487 g/mol. The summed E-state index contributed by atoms with van der Waals surface area (Å²) in [5.41, 5.74) is 6.41. The Hall–Kier alpha value is -3.60. The summed E-state index contributed by atoms with van der Waals surface area (Å²) in [5, 5.41) is 3.27. The molecule has 1 unspecified atom stereocenters. The van der Waals surface area contributed by atoms with Crippen molar-refractivity contribution in [2.75, 3.05) is 26.7 Å². The lowest BCUT2D eigenvalue weighted by Crippen LogP contribution is -2.31. The number of rotatable bonds is 8. The van der Waals surface area contributed by atoms with E-state index in [0.717, 1.165) is 25.6 Å². The lowest BCUT2D eigenvalue weighted by atomic mass is 10.1. The Morgan fingerprint density at radius 1 is 1.24 bits per heavy atom. The Morgan fingerprint density at radius 2 is 2.03 bits per heavy atom. The molecule has 2 fully saturated rings. The molecule has 0 bridgehead atoms. The summed E-state index contributed by atoms with van der Waals surface area (Å²) in [6.45, 7) is 6.42. The minimum absolute atomic E-state index is 0.00639. The summed E-state index contributed by atoms with van der Waals surface area (Å²) in [6.07, 6.45) is -1.24. The zero-order valence-electron chi connectivity index (χ0n) is 20.4. The molecule has 5 rings (SSSR count). The first-order valence-electron chi connectivity index (χ1n) is 12.2. The number of nitrogens with zero attached hydrogens (tertiary/aromatic N) is 3. The molecule has 8 nitrogen and oxygen atoms in total. The van der Waals surface area contributed by atoms with Crippen molar-refractivity contribution in [3.8, 4) is 17.2 Å². The number of oxazole rings is 1. The van der Waals surface area contributed by atoms with Gasteiger partial charge in [-0.3, -0.25) is 4.79 Å². The molecule has 0 radical (unpaired) electrons. The second-order valence-electron chi connectivity index (χ2n) is 9.48. The number of nitrogens with one attached hydrogen (secondary N) is 1. The van der Waals surface area contributed by atoms with E-state index in [2.05, 4.69) is 26.8 Å². The van der Waals surface area contributed by atoms with Gasteiger partial charge in [0.05, 0.1) is 13.7 Å². The molecule has 1 aliphatic heterocycles. The van der Waals surface area contributed by atoms with Crippen LogP contribution in [-0.2, 0) is 12.7 Å². The molecule has 196 valence electrons. The van der Waals surface area contributed by atoms with Gasteiger partial charge in [0.1, 0.15) is 17.0 Å². The van der Waals surface area contributed by atoms with Gasteiger partial charge in [0.2, 0.25) is 5.89 Å². The number of carbonyl (C=O) groups excluding carboxylic acids is 1. The quantitative estimate of drug-likeness (QED) is 0.459. The summed E-state index contributed by atoms with van der Waals surface area (Å²) >= 11 is 0. The fourth-order valence-corrected chi connectivity index (χ4v) is 4.74. The highest BCUT2D eigenvalue weighted by Gasteiger charge is 2.34. The van der Waals surface area contributed by atoms with E-state index >= 15 is 0 Å². The van der Waals surface area contributed by atoms with Crippen LogP contribution in [0.4, 0.5) is 13.2 Å². The molecule has 2 aliphatic rings. The standard InChI is InChI=1S/C26H28F3N5O3/c1-14(16-3-4-16)34-10-9-15(13-34)12-31-24(35)23-20(11-30)37-25(33-23)18-5-7-19(36-2)22-17(18)6-8-21(32-22)26(27,28)29/h5-8,15-16H,1,3-4,9-13,30H2,2H3,(H,31,35). The van der Waals surface area contributed by atoms with Crippen molar-refractivity contribution in [2.24, 2.45) is 17.6 Å². The highest BCUT2D eigenvalue weighted by atomic mass is 19.4. The third-order valence-corrected chi connectivity index (χ3v) is 6.95. The number of carbonyl (C=O) groups is 1. The molecular formula is C26H28F3N5O3. The zero-order valence-corrected chi connectivity index (χ0v) is 20.4. The number of nitrogens with two attached hydrogens (primary N) is 1. The van der Waals surface area contributed by atoms with Crippen molar-refractivity contribution in [3.63, 3.8) is 0 Å². The van der Waals surface area contributed by atoms with E-state index in [-0.39, 0.29) is 35.2 Å². The average molecular weight is 516 g/mol. The van der Waals surface area contributed by atoms with Crippen molar-refractivity contribution in [2.45, 2.75) is 32.0 Å². The first-order chi connectivity index (χ1) is 17.7. The summed E-state index contributed by atoms with van der Waals surface area (Å²) in [5.74, 6) is 0.914. The fraction of sp³-hybridized carbons (Fsp3) is 0.423. The van der Waals surface area contributed by atoms with Gasteiger partial charge >= 0.3 is 6.18 Å². The van der Waals surface area contributed by atoms with E-state index in [1.165, 1.54) is 37.8 Å². The number of allylic oxidation sites excluding steroid dienone is 1. The van der Waals surface area contributed by atoms with Crippen molar-refractivity contribution >= 4 is 16.8 Å². The Balaban J connectivity index is 1.37. The highest BCUT2D eigenvalue weighted by molar-refractivity contribution is 5.98. The number of pyridine rings is 1. The van der Waals surface area contributed by atoms with E-state index in [9.17, 15) is 18.0 Å². The Kier molecular flexibility index (Phi) is 6.57. The van der Waals surface area contributed by atoms with Crippen molar-refractivity contribution in [3.05, 3.63) is 53.7 Å². The summed E-state index contributed by atoms with van der Waals surface area (Å²) in [6, 6.07) is 5.26. The molecule has 2 aromatic heterocycles. The summed E-state index contributed by atoms with van der Waals surface area (Å²) in [4.78, 5) is 23.4.